The van der Waals surface area contributed by atoms with Gasteiger partial charge in [0.25, 0.3) is 5.69 Å². The highest BCUT2D eigenvalue weighted by Crippen LogP contribution is 2.38. The molecule has 1 aromatic rings. The molecule has 1 aliphatic carbocycles. The number of benzene rings is 1. The van der Waals surface area contributed by atoms with Crippen LogP contribution >= 0.6 is 0 Å². The molecular formula is C12H13N3O3. The molecule has 0 heterocycles. The minimum atomic E-state index is -0.995. The summed E-state index contributed by atoms with van der Waals surface area (Å²) in [4.78, 5) is 10.1. The van der Waals surface area contributed by atoms with Crippen molar-refractivity contribution in [1.82, 2.24) is 0 Å². The van der Waals surface area contributed by atoms with Gasteiger partial charge >= 0.3 is 0 Å². The zero-order chi connectivity index (χ0) is 13.2. The zero-order valence-electron chi connectivity index (χ0n) is 9.70. The Labute approximate surface area is 104 Å². The molecule has 2 N–H and O–H groups in total. The van der Waals surface area contributed by atoms with E-state index in [2.05, 4.69) is 6.07 Å². The first-order chi connectivity index (χ1) is 8.55. The number of rotatable bonds is 5. The van der Waals surface area contributed by atoms with Gasteiger partial charge in [-0.1, -0.05) is 6.07 Å². The lowest BCUT2D eigenvalue weighted by Gasteiger charge is -2.21. The van der Waals surface area contributed by atoms with Gasteiger partial charge in [0.05, 0.1) is 17.1 Å². The van der Waals surface area contributed by atoms with E-state index in [0.717, 1.165) is 12.8 Å². The van der Waals surface area contributed by atoms with Crippen LogP contribution in [-0.4, -0.2) is 17.1 Å². The normalized spacial score (nSPS) is 17.6. The third-order valence-corrected chi connectivity index (χ3v) is 3.02. The Hall–Kier alpha value is -2.13. The van der Waals surface area contributed by atoms with Gasteiger partial charge in [-0.3, -0.25) is 10.1 Å². The number of nitrogens with zero attached hydrogens (tertiary/aromatic N) is 2. The number of hydrogen-bond acceptors (Lipinski definition) is 5. The van der Waals surface area contributed by atoms with Crippen LogP contribution in [0.5, 0.6) is 5.75 Å². The number of ether oxygens (including phenoxy) is 1. The van der Waals surface area contributed by atoms with Crippen molar-refractivity contribution in [3.05, 3.63) is 34.4 Å². The molecule has 18 heavy (non-hydrogen) atoms. The fourth-order valence-corrected chi connectivity index (χ4v) is 1.73. The minimum Gasteiger partial charge on any atom is -0.490 e. The van der Waals surface area contributed by atoms with E-state index in [9.17, 15) is 10.1 Å². The molecule has 6 nitrogen and oxygen atoms in total. The number of hydrogen-bond donors (Lipinski definition) is 1. The Bertz CT molecular complexity index is 508. The van der Waals surface area contributed by atoms with Crippen LogP contribution in [-0.2, 0) is 0 Å². The largest absolute Gasteiger partial charge is 0.490 e. The summed E-state index contributed by atoms with van der Waals surface area (Å²) < 4.78 is 5.40. The Kier molecular flexibility index (Phi) is 3.17. The van der Waals surface area contributed by atoms with Gasteiger partial charge in [-0.05, 0) is 24.8 Å². The average molecular weight is 247 g/mol. The second kappa shape index (κ2) is 4.63. The first-order valence-corrected chi connectivity index (χ1v) is 5.62. The van der Waals surface area contributed by atoms with Crippen molar-refractivity contribution in [2.75, 3.05) is 6.61 Å². The third kappa shape index (κ3) is 2.57. The Morgan fingerprint density at radius 1 is 1.61 bits per heavy atom. The Balaban J connectivity index is 2.04. The van der Waals surface area contributed by atoms with Gasteiger partial charge in [-0.15, -0.1) is 0 Å². The van der Waals surface area contributed by atoms with Crippen LogP contribution in [0.4, 0.5) is 5.69 Å². The fourth-order valence-electron chi connectivity index (χ4n) is 1.73. The maximum atomic E-state index is 10.6. The summed E-state index contributed by atoms with van der Waals surface area (Å²) in [6.45, 7) is 0.0509. The molecule has 0 saturated heterocycles. The van der Waals surface area contributed by atoms with Crippen LogP contribution in [0.15, 0.2) is 24.3 Å². The molecule has 1 atom stereocenters. The van der Waals surface area contributed by atoms with Gasteiger partial charge in [-0.25, -0.2) is 0 Å². The second-order valence-corrected chi connectivity index (χ2v) is 4.47. The molecule has 0 radical (unpaired) electrons. The van der Waals surface area contributed by atoms with E-state index < -0.39 is 10.5 Å². The van der Waals surface area contributed by atoms with Crippen LogP contribution in [0.25, 0.3) is 0 Å². The molecule has 0 aromatic heterocycles. The van der Waals surface area contributed by atoms with Crippen molar-refractivity contribution in [3.63, 3.8) is 0 Å². The molecule has 1 saturated carbocycles. The fraction of sp³-hybridized carbons (Fsp3) is 0.417. The predicted molar refractivity (Wildman–Crippen MR) is 63.8 cm³/mol. The monoisotopic (exact) mass is 247 g/mol. The van der Waals surface area contributed by atoms with Gasteiger partial charge < -0.3 is 10.5 Å². The van der Waals surface area contributed by atoms with Crippen molar-refractivity contribution >= 4 is 5.69 Å². The molecule has 94 valence electrons. The molecule has 2 rings (SSSR count). The molecule has 1 aromatic carbocycles. The summed E-state index contributed by atoms with van der Waals surface area (Å²) in [6.07, 6.45) is 1.87. The van der Waals surface area contributed by atoms with Crippen molar-refractivity contribution in [3.8, 4) is 11.8 Å². The molecule has 1 aliphatic rings. The summed E-state index contributed by atoms with van der Waals surface area (Å²) in [5, 5.41) is 19.7. The predicted octanol–water partition coefficient (Wildman–Crippen LogP) is 1.60. The van der Waals surface area contributed by atoms with Crippen LogP contribution in [0, 0.1) is 27.4 Å². The molecule has 0 bridgehead atoms. The van der Waals surface area contributed by atoms with E-state index in [4.69, 9.17) is 15.7 Å². The van der Waals surface area contributed by atoms with E-state index in [-0.39, 0.29) is 18.2 Å². The van der Waals surface area contributed by atoms with Crippen LogP contribution < -0.4 is 10.5 Å². The highest BCUT2D eigenvalue weighted by Gasteiger charge is 2.43. The molecule has 0 amide bonds. The maximum Gasteiger partial charge on any atom is 0.273 e. The number of nitro benzene ring substituents is 1. The lowest BCUT2D eigenvalue weighted by atomic mass is 9.98. The van der Waals surface area contributed by atoms with Gasteiger partial charge in [0, 0.05) is 6.07 Å². The molecule has 0 spiro atoms. The summed E-state index contributed by atoms with van der Waals surface area (Å²) in [5.74, 6) is 0.524. The van der Waals surface area contributed by atoms with Crippen molar-refractivity contribution in [2.24, 2.45) is 11.7 Å². The van der Waals surface area contributed by atoms with Gasteiger partial charge in [0.1, 0.15) is 17.9 Å². The van der Waals surface area contributed by atoms with E-state index in [1.165, 1.54) is 18.2 Å². The third-order valence-electron chi connectivity index (χ3n) is 3.02. The lowest BCUT2D eigenvalue weighted by molar-refractivity contribution is -0.384. The number of nitro groups is 1. The summed E-state index contributed by atoms with van der Waals surface area (Å²) in [6, 6.07) is 7.92. The smallest absolute Gasteiger partial charge is 0.273 e. The van der Waals surface area contributed by atoms with E-state index >= 15 is 0 Å². The minimum absolute atomic E-state index is 0.0431. The molecular weight excluding hydrogens is 234 g/mol. The quantitative estimate of drug-likeness (QED) is 0.628. The standard InChI is InChI=1S/C12H13N3O3/c13-7-12(14,9-4-5-9)8-18-11-3-1-2-10(6-11)15(16)17/h1-3,6,9H,4-5,8,14H2. The van der Waals surface area contributed by atoms with E-state index in [0.29, 0.717) is 5.75 Å². The summed E-state index contributed by atoms with van der Waals surface area (Å²) in [7, 11) is 0. The van der Waals surface area contributed by atoms with Crippen LogP contribution in [0.2, 0.25) is 0 Å². The molecule has 1 unspecified atom stereocenters. The first kappa shape index (κ1) is 12.3. The Morgan fingerprint density at radius 3 is 2.89 bits per heavy atom. The van der Waals surface area contributed by atoms with Gasteiger partial charge in [0.2, 0.25) is 0 Å². The number of nitrogens with two attached hydrogens (primary N) is 1. The highest BCUT2D eigenvalue weighted by atomic mass is 16.6. The average Bonchev–Trinajstić information content (AvgIpc) is 3.21. The van der Waals surface area contributed by atoms with Gasteiger partial charge in [0.15, 0.2) is 0 Å². The second-order valence-electron chi connectivity index (χ2n) is 4.47. The molecule has 1 fully saturated rings. The van der Waals surface area contributed by atoms with Crippen molar-refractivity contribution in [1.29, 1.82) is 5.26 Å². The van der Waals surface area contributed by atoms with Crippen LogP contribution in [0.3, 0.4) is 0 Å². The van der Waals surface area contributed by atoms with E-state index in [1.54, 1.807) is 6.07 Å². The first-order valence-electron chi connectivity index (χ1n) is 5.62. The lowest BCUT2D eigenvalue weighted by Crippen LogP contribution is -2.46. The molecule has 6 heteroatoms. The highest BCUT2D eigenvalue weighted by molar-refractivity contribution is 5.38. The topological polar surface area (TPSA) is 102 Å². The SMILES string of the molecule is N#CC(N)(COc1cccc([N+](=O)[O-])c1)C1CC1. The summed E-state index contributed by atoms with van der Waals surface area (Å²) >= 11 is 0. The maximum absolute atomic E-state index is 10.6. The number of non-ortho nitro benzene ring substituents is 1. The Morgan fingerprint density at radius 2 is 2.33 bits per heavy atom. The van der Waals surface area contributed by atoms with Crippen molar-refractivity contribution in [2.45, 2.75) is 18.4 Å². The zero-order valence-corrected chi connectivity index (χ0v) is 9.70. The van der Waals surface area contributed by atoms with Gasteiger partial charge in [-0.2, -0.15) is 5.26 Å². The number of nitriles is 1. The summed E-state index contributed by atoms with van der Waals surface area (Å²) in [5.41, 5.74) is 4.89. The van der Waals surface area contributed by atoms with E-state index in [1.807, 2.05) is 0 Å². The van der Waals surface area contributed by atoms with Crippen LogP contribution in [0.1, 0.15) is 12.8 Å². The van der Waals surface area contributed by atoms with Crippen molar-refractivity contribution < 1.29 is 9.66 Å². The molecule has 0 aliphatic heterocycles.